The van der Waals surface area contributed by atoms with Gasteiger partial charge in [0.25, 0.3) is 0 Å². The molecule has 0 aromatic heterocycles. The zero-order valence-electron chi connectivity index (χ0n) is 18.0. The minimum Gasteiger partial charge on any atom is -0.206 e. The monoisotopic (exact) mass is 422 g/mol. The highest BCUT2D eigenvalue weighted by Gasteiger charge is 2.20. The molecule has 0 amide bonds. The fourth-order valence-electron chi connectivity index (χ4n) is 5.02. The molecule has 1 fully saturated rings. The Labute approximate surface area is 185 Å². The Balaban J connectivity index is 1.40. The molecule has 1 aliphatic carbocycles. The molecule has 0 saturated heterocycles. The third kappa shape index (κ3) is 5.06. The van der Waals surface area contributed by atoms with E-state index < -0.39 is 0 Å². The summed E-state index contributed by atoms with van der Waals surface area (Å²) in [7, 11) is 0. The van der Waals surface area contributed by atoms with E-state index in [0.29, 0.717) is 16.0 Å². The van der Waals surface area contributed by atoms with Gasteiger partial charge in [-0.05, 0) is 53.3 Å². The molecule has 0 aliphatic heterocycles. The normalized spacial score (nSPS) is 19.3. The van der Waals surface area contributed by atoms with Crippen molar-refractivity contribution in [2.45, 2.75) is 64.7 Å². The van der Waals surface area contributed by atoms with Gasteiger partial charge in [0.1, 0.15) is 5.82 Å². The van der Waals surface area contributed by atoms with E-state index in [1.165, 1.54) is 56.9 Å². The molecule has 158 valence electrons. The van der Waals surface area contributed by atoms with Gasteiger partial charge < -0.3 is 0 Å². The molecule has 3 aromatic carbocycles. The topological polar surface area (TPSA) is 0 Å². The van der Waals surface area contributed by atoms with Crippen LogP contribution in [-0.2, 0) is 6.42 Å². The maximum absolute atomic E-state index is 15.2. The first-order chi connectivity index (χ1) is 14.6. The summed E-state index contributed by atoms with van der Waals surface area (Å²) in [5, 5.41) is 2.35. The number of rotatable bonds is 7. The highest BCUT2D eigenvalue weighted by atomic mass is 35.5. The first-order valence-electron chi connectivity index (χ1n) is 11.6. The van der Waals surface area contributed by atoms with Gasteiger partial charge in [0.05, 0.1) is 0 Å². The molecule has 4 rings (SSSR count). The lowest BCUT2D eigenvalue weighted by atomic mass is 9.78. The van der Waals surface area contributed by atoms with E-state index in [2.05, 4.69) is 19.1 Å². The number of benzene rings is 3. The lowest BCUT2D eigenvalue weighted by molar-refractivity contribution is 0.250. The Morgan fingerprint density at radius 3 is 2.27 bits per heavy atom. The summed E-state index contributed by atoms with van der Waals surface area (Å²) in [5.74, 6) is 1.69. The summed E-state index contributed by atoms with van der Waals surface area (Å²) in [6, 6.07) is 17.5. The molecular weight excluding hydrogens is 391 g/mol. The van der Waals surface area contributed by atoms with Gasteiger partial charge in [0.2, 0.25) is 0 Å². The van der Waals surface area contributed by atoms with Crippen LogP contribution in [0.15, 0.2) is 54.6 Å². The van der Waals surface area contributed by atoms with Gasteiger partial charge in [0.15, 0.2) is 0 Å². The molecule has 1 aliphatic rings. The molecule has 3 aromatic rings. The summed E-state index contributed by atoms with van der Waals surface area (Å²) in [6.07, 6.45) is 12.1. The van der Waals surface area contributed by atoms with Crippen molar-refractivity contribution in [3.05, 3.63) is 71.0 Å². The third-order valence-corrected chi connectivity index (χ3v) is 7.20. The quantitative estimate of drug-likeness (QED) is 0.355. The van der Waals surface area contributed by atoms with Crippen LogP contribution < -0.4 is 0 Å². The van der Waals surface area contributed by atoms with Crippen LogP contribution in [0.1, 0.15) is 63.9 Å². The molecule has 2 heteroatoms. The van der Waals surface area contributed by atoms with Crippen LogP contribution >= 0.6 is 11.6 Å². The first-order valence-corrected chi connectivity index (χ1v) is 12.0. The number of hydrogen-bond donors (Lipinski definition) is 0. The van der Waals surface area contributed by atoms with Crippen LogP contribution in [0.2, 0.25) is 5.02 Å². The predicted molar refractivity (Wildman–Crippen MR) is 128 cm³/mol. The molecule has 1 saturated carbocycles. The van der Waals surface area contributed by atoms with Gasteiger partial charge in [-0.3, -0.25) is 0 Å². The van der Waals surface area contributed by atoms with E-state index in [-0.39, 0.29) is 5.82 Å². The molecule has 0 spiro atoms. The summed E-state index contributed by atoms with van der Waals surface area (Å²) in [5.41, 5.74) is 2.82. The number of halogens is 2. The lowest BCUT2D eigenvalue weighted by Gasteiger charge is -2.28. The summed E-state index contributed by atoms with van der Waals surface area (Å²) in [6.45, 7) is 2.29. The fourth-order valence-corrected chi connectivity index (χ4v) is 5.15. The van der Waals surface area contributed by atoms with Crippen molar-refractivity contribution in [2.24, 2.45) is 11.8 Å². The summed E-state index contributed by atoms with van der Waals surface area (Å²) >= 11 is 5.97. The van der Waals surface area contributed by atoms with E-state index >= 15 is 4.39 Å². The van der Waals surface area contributed by atoms with Crippen molar-refractivity contribution in [3.8, 4) is 11.1 Å². The molecule has 0 atom stereocenters. The maximum atomic E-state index is 15.2. The Morgan fingerprint density at radius 1 is 0.867 bits per heavy atom. The SMILES string of the molecule is CCCC[C@H]1CC[C@H](CCc2ccc3c(F)c(-c4ccc(Cl)cc4)ccc3c2)CC1. The van der Waals surface area contributed by atoms with Crippen LogP contribution in [0, 0.1) is 17.7 Å². The molecule has 30 heavy (non-hydrogen) atoms. The first kappa shape index (κ1) is 21.4. The highest BCUT2D eigenvalue weighted by Crippen LogP contribution is 2.35. The average Bonchev–Trinajstić information content (AvgIpc) is 2.78. The Hall–Kier alpha value is -1.86. The third-order valence-electron chi connectivity index (χ3n) is 6.95. The van der Waals surface area contributed by atoms with Crippen LogP contribution in [0.3, 0.4) is 0 Å². The Morgan fingerprint density at radius 2 is 1.57 bits per heavy atom. The van der Waals surface area contributed by atoms with Gasteiger partial charge >= 0.3 is 0 Å². The van der Waals surface area contributed by atoms with Crippen molar-refractivity contribution in [3.63, 3.8) is 0 Å². The maximum Gasteiger partial charge on any atom is 0.138 e. The Bertz CT molecular complexity index is 968. The largest absolute Gasteiger partial charge is 0.206 e. The van der Waals surface area contributed by atoms with E-state index in [9.17, 15) is 0 Å². The summed E-state index contributed by atoms with van der Waals surface area (Å²) < 4.78 is 15.2. The molecule has 0 N–H and O–H groups in total. The van der Waals surface area contributed by atoms with Crippen molar-refractivity contribution in [2.75, 3.05) is 0 Å². The van der Waals surface area contributed by atoms with E-state index in [1.807, 2.05) is 30.3 Å². The minimum atomic E-state index is -0.147. The van der Waals surface area contributed by atoms with Crippen molar-refractivity contribution in [1.29, 1.82) is 0 Å². The molecule has 0 nitrogen and oxygen atoms in total. The Kier molecular flexibility index (Phi) is 7.10. The second kappa shape index (κ2) is 9.96. The number of unbranched alkanes of at least 4 members (excludes halogenated alkanes) is 1. The van der Waals surface area contributed by atoms with Crippen LogP contribution in [-0.4, -0.2) is 0 Å². The number of hydrogen-bond acceptors (Lipinski definition) is 0. The van der Waals surface area contributed by atoms with Crippen molar-refractivity contribution < 1.29 is 4.39 Å². The van der Waals surface area contributed by atoms with Crippen molar-refractivity contribution >= 4 is 22.4 Å². The van der Waals surface area contributed by atoms with Gasteiger partial charge in [-0.15, -0.1) is 0 Å². The van der Waals surface area contributed by atoms with E-state index in [4.69, 9.17) is 11.6 Å². The minimum absolute atomic E-state index is 0.147. The van der Waals surface area contributed by atoms with Crippen LogP contribution in [0.25, 0.3) is 21.9 Å². The molecule has 0 bridgehead atoms. The zero-order chi connectivity index (χ0) is 20.9. The van der Waals surface area contributed by atoms with E-state index in [1.54, 1.807) is 12.1 Å². The van der Waals surface area contributed by atoms with Gasteiger partial charge in [-0.25, -0.2) is 4.39 Å². The van der Waals surface area contributed by atoms with Gasteiger partial charge in [-0.2, -0.15) is 0 Å². The van der Waals surface area contributed by atoms with Crippen molar-refractivity contribution in [1.82, 2.24) is 0 Å². The number of fused-ring (bicyclic) bond motifs is 1. The zero-order valence-corrected chi connectivity index (χ0v) is 18.7. The second-order valence-electron chi connectivity index (χ2n) is 9.06. The molecule has 0 radical (unpaired) electrons. The summed E-state index contributed by atoms with van der Waals surface area (Å²) in [4.78, 5) is 0. The molecular formula is C28H32ClF. The number of aryl methyl sites for hydroxylation is 1. The van der Waals surface area contributed by atoms with Crippen LogP contribution in [0.5, 0.6) is 0 Å². The lowest BCUT2D eigenvalue weighted by Crippen LogP contribution is -2.15. The fraction of sp³-hybridized carbons (Fsp3) is 0.429. The average molecular weight is 423 g/mol. The molecule has 0 heterocycles. The second-order valence-corrected chi connectivity index (χ2v) is 9.49. The predicted octanol–water partition coefficient (Wildman–Crippen LogP) is 9.23. The van der Waals surface area contributed by atoms with Gasteiger partial charge in [0, 0.05) is 16.0 Å². The van der Waals surface area contributed by atoms with E-state index in [0.717, 1.165) is 29.2 Å². The smallest absolute Gasteiger partial charge is 0.138 e. The van der Waals surface area contributed by atoms with Crippen LogP contribution in [0.4, 0.5) is 4.39 Å². The molecule has 0 unspecified atom stereocenters. The highest BCUT2D eigenvalue weighted by molar-refractivity contribution is 6.30. The standard InChI is InChI=1S/C28H32ClF/c1-2-3-4-20-5-7-21(8-6-20)9-10-22-11-17-27-24(19-22)14-18-26(28(27)30)23-12-15-25(29)16-13-23/h11-21H,2-10H2,1H3/t20-,21-. The van der Waals surface area contributed by atoms with Gasteiger partial charge in [-0.1, -0.05) is 106 Å².